The van der Waals surface area contributed by atoms with E-state index in [9.17, 15) is 5.11 Å². The lowest BCUT2D eigenvalue weighted by molar-refractivity contribution is 0.0586. The predicted octanol–water partition coefficient (Wildman–Crippen LogP) is 1.93. The summed E-state index contributed by atoms with van der Waals surface area (Å²) < 4.78 is 1.93. The maximum absolute atomic E-state index is 10.3. The molecule has 2 rings (SSSR count). The van der Waals surface area contributed by atoms with E-state index in [0.717, 1.165) is 10.7 Å². The first-order valence-electron chi connectivity index (χ1n) is 4.82. The van der Waals surface area contributed by atoms with Gasteiger partial charge in [-0.05, 0) is 18.4 Å². The van der Waals surface area contributed by atoms with Gasteiger partial charge in [-0.2, -0.15) is 0 Å². The summed E-state index contributed by atoms with van der Waals surface area (Å²) in [5.74, 6) is 0.897. The summed E-state index contributed by atoms with van der Waals surface area (Å²) in [6.45, 7) is 1.83. The zero-order valence-electron chi connectivity index (χ0n) is 8.84. The number of aryl methyl sites for hydroxylation is 1. The average Bonchev–Trinajstić information content (AvgIpc) is 2.77. The molecule has 1 atom stereocenters. The van der Waals surface area contributed by atoms with Gasteiger partial charge in [0.25, 0.3) is 0 Å². The fraction of sp³-hybridized carbons (Fsp3) is 0.364. The summed E-state index contributed by atoms with van der Waals surface area (Å²) in [5, 5.41) is 12.3. The monoisotopic (exact) mass is 222 g/mol. The zero-order valence-corrected chi connectivity index (χ0v) is 9.66. The van der Waals surface area contributed by atoms with Gasteiger partial charge in [0.15, 0.2) is 0 Å². The van der Waals surface area contributed by atoms with E-state index < -0.39 is 5.60 Å². The van der Waals surface area contributed by atoms with Crippen LogP contribution in [0.25, 0.3) is 0 Å². The highest BCUT2D eigenvalue weighted by molar-refractivity contribution is 7.10. The number of rotatable bonds is 3. The van der Waals surface area contributed by atoms with Crippen molar-refractivity contribution in [1.82, 2.24) is 9.55 Å². The highest BCUT2D eigenvalue weighted by Crippen LogP contribution is 2.28. The molecule has 1 unspecified atom stereocenters. The first-order valence-corrected chi connectivity index (χ1v) is 5.70. The Labute approximate surface area is 93.0 Å². The maximum Gasteiger partial charge on any atom is 0.111 e. The molecule has 0 radical (unpaired) electrons. The number of hydrogen-bond donors (Lipinski definition) is 1. The molecule has 0 aliphatic rings. The summed E-state index contributed by atoms with van der Waals surface area (Å²) >= 11 is 1.57. The van der Waals surface area contributed by atoms with Crippen LogP contribution in [-0.4, -0.2) is 14.7 Å². The van der Waals surface area contributed by atoms with Gasteiger partial charge in [0.2, 0.25) is 0 Å². The van der Waals surface area contributed by atoms with Crippen LogP contribution in [0.4, 0.5) is 0 Å². The van der Waals surface area contributed by atoms with Gasteiger partial charge in [0, 0.05) is 30.7 Å². The Bertz CT molecular complexity index is 431. The molecule has 0 aliphatic heterocycles. The van der Waals surface area contributed by atoms with Gasteiger partial charge in [-0.1, -0.05) is 6.07 Å². The van der Waals surface area contributed by atoms with Crippen LogP contribution in [0.2, 0.25) is 0 Å². The maximum atomic E-state index is 10.3. The molecule has 2 aromatic rings. The van der Waals surface area contributed by atoms with Crippen LogP contribution in [0.15, 0.2) is 29.9 Å². The smallest absolute Gasteiger partial charge is 0.111 e. The Kier molecular flexibility index (Phi) is 2.63. The number of hydrogen-bond acceptors (Lipinski definition) is 3. The topological polar surface area (TPSA) is 38.0 Å². The lowest BCUT2D eigenvalue weighted by Gasteiger charge is -2.21. The van der Waals surface area contributed by atoms with E-state index in [4.69, 9.17) is 0 Å². The van der Waals surface area contributed by atoms with Crippen molar-refractivity contribution in [1.29, 1.82) is 0 Å². The molecular formula is C11H14N2OS. The van der Waals surface area contributed by atoms with Crippen molar-refractivity contribution in [3.8, 4) is 0 Å². The van der Waals surface area contributed by atoms with Crippen molar-refractivity contribution < 1.29 is 5.11 Å². The van der Waals surface area contributed by atoms with Gasteiger partial charge in [-0.3, -0.25) is 0 Å². The highest BCUT2D eigenvalue weighted by atomic mass is 32.1. The summed E-state index contributed by atoms with van der Waals surface area (Å²) in [6.07, 6.45) is 4.18. The van der Waals surface area contributed by atoms with E-state index in [2.05, 4.69) is 4.98 Å². The predicted molar refractivity (Wildman–Crippen MR) is 60.8 cm³/mol. The normalized spacial score (nSPS) is 15.1. The van der Waals surface area contributed by atoms with Crippen LogP contribution in [0.1, 0.15) is 17.6 Å². The lowest BCUT2D eigenvalue weighted by atomic mass is 10.00. The van der Waals surface area contributed by atoms with Gasteiger partial charge >= 0.3 is 0 Å². The van der Waals surface area contributed by atoms with E-state index in [1.807, 2.05) is 42.2 Å². The molecule has 0 fully saturated rings. The molecular weight excluding hydrogens is 208 g/mol. The Balaban J connectivity index is 2.22. The van der Waals surface area contributed by atoms with Crippen molar-refractivity contribution in [2.45, 2.75) is 18.9 Å². The van der Waals surface area contributed by atoms with Crippen LogP contribution < -0.4 is 0 Å². The molecule has 0 aliphatic carbocycles. The van der Waals surface area contributed by atoms with Crippen LogP contribution in [-0.2, 0) is 19.1 Å². The summed E-state index contributed by atoms with van der Waals surface area (Å²) in [7, 11) is 1.94. The number of thiophene rings is 1. The summed E-state index contributed by atoms with van der Waals surface area (Å²) in [5.41, 5.74) is -0.826. The molecule has 2 heterocycles. The highest BCUT2D eigenvalue weighted by Gasteiger charge is 2.26. The minimum absolute atomic E-state index is 0.539. The second-order valence-corrected chi connectivity index (χ2v) is 4.83. The number of aliphatic hydroxyl groups is 1. The van der Waals surface area contributed by atoms with E-state index in [-0.39, 0.29) is 0 Å². The quantitative estimate of drug-likeness (QED) is 0.861. The van der Waals surface area contributed by atoms with E-state index in [0.29, 0.717) is 6.42 Å². The SMILES string of the molecule is Cn1ccnc1CC(C)(O)c1cccs1. The van der Waals surface area contributed by atoms with Crippen LogP contribution >= 0.6 is 11.3 Å². The molecule has 0 saturated carbocycles. The second-order valence-electron chi connectivity index (χ2n) is 3.88. The largest absolute Gasteiger partial charge is 0.384 e. The van der Waals surface area contributed by atoms with E-state index >= 15 is 0 Å². The minimum Gasteiger partial charge on any atom is -0.384 e. The molecule has 0 aromatic carbocycles. The Morgan fingerprint density at radius 1 is 1.60 bits per heavy atom. The molecule has 1 N–H and O–H groups in total. The molecule has 0 saturated heterocycles. The third-order valence-electron chi connectivity index (χ3n) is 2.48. The number of nitrogens with zero attached hydrogens (tertiary/aromatic N) is 2. The van der Waals surface area contributed by atoms with Gasteiger partial charge in [0.1, 0.15) is 11.4 Å². The van der Waals surface area contributed by atoms with Crippen molar-refractivity contribution >= 4 is 11.3 Å². The average molecular weight is 222 g/mol. The van der Waals surface area contributed by atoms with Crippen molar-refractivity contribution in [2.75, 3.05) is 0 Å². The summed E-state index contributed by atoms with van der Waals surface area (Å²) in [6, 6.07) is 3.90. The second kappa shape index (κ2) is 3.79. The standard InChI is InChI=1S/C11H14N2OS/c1-11(14,9-4-3-7-15-9)8-10-12-5-6-13(10)2/h3-7,14H,8H2,1-2H3. The van der Waals surface area contributed by atoms with Crippen LogP contribution in [0.5, 0.6) is 0 Å². The molecule has 4 heteroatoms. The molecule has 0 spiro atoms. The lowest BCUT2D eigenvalue weighted by Crippen LogP contribution is -2.24. The molecule has 3 nitrogen and oxygen atoms in total. The zero-order chi connectivity index (χ0) is 10.9. The third-order valence-corrected chi connectivity index (χ3v) is 3.60. The van der Waals surface area contributed by atoms with E-state index in [1.165, 1.54) is 0 Å². The van der Waals surface area contributed by atoms with Crippen molar-refractivity contribution in [2.24, 2.45) is 7.05 Å². The Morgan fingerprint density at radius 2 is 2.40 bits per heavy atom. The first-order chi connectivity index (χ1) is 7.09. The Hall–Kier alpha value is -1.13. The van der Waals surface area contributed by atoms with Gasteiger partial charge in [-0.15, -0.1) is 11.3 Å². The fourth-order valence-corrected chi connectivity index (χ4v) is 2.33. The van der Waals surface area contributed by atoms with Crippen LogP contribution in [0.3, 0.4) is 0 Å². The van der Waals surface area contributed by atoms with Gasteiger partial charge < -0.3 is 9.67 Å². The number of aromatic nitrogens is 2. The van der Waals surface area contributed by atoms with Gasteiger partial charge in [0.05, 0.1) is 0 Å². The summed E-state index contributed by atoms with van der Waals surface area (Å²) in [4.78, 5) is 5.20. The molecule has 0 bridgehead atoms. The third kappa shape index (κ3) is 2.11. The molecule has 0 amide bonds. The van der Waals surface area contributed by atoms with Crippen molar-refractivity contribution in [3.05, 3.63) is 40.6 Å². The first kappa shape index (κ1) is 10.4. The van der Waals surface area contributed by atoms with Crippen LogP contribution in [0, 0.1) is 0 Å². The van der Waals surface area contributed by atoms with Gasteiger partial charge in [-0.25, -0.2) is 4.98 Å². The van der Waals surface area contributed by atoms with E-state index in [1.54, 1.807) is 17.5 Å². The molecule has 80 valence electrons. The fourth-order valence-electron chi connectivity index (χ4n) is 1.55. The minimum atomic E-state index is -0.826. The number of imidazole rings is 1. The Morgan fingerprint density at radius 3 is 2.93 bits per heavy atom. The molecule has 2 aromatic heterocycles. The molecule has 15 heavy (non-hydrogen) atoms. The van der Waals surface area contributed by atoms with Crippen molar-refractivity contribution in [3.63, 3.8) is 0 Å².